The molecule has 1 heterocycles. The molecular weight excluding hydrogens is 308 g/mol. The topological polar surface area (TPSA) is 61.6 Å². The van der Waals surface area contributed by atoms with Crippen molar-refractivity contribution in [2.45, 2.75) is 32.3 Å². The van der Waals surface area contributed by atoms with E-state index in [2.05, 4.69) is 9.89 Å². The maximum atomic E-state index is 12.7. The molecule has 0 aliphatic heterocycles. The molecule has 0 N–H and O–H groups in total. The van der Waals surface area contributed by atoms with Gasteiger partial charge in [0.05, 0.1) is 18.9 Å². The number of methoxy groups -OCH3 is 1. The number of rotatable bonds is 6. The van der Waals surface area contributed by atoms with Crippen molar-refractivity contribution in [2.75, 3.05) is 7.11 Å². The minimum absolute atomic E-state index is 0.141. The lowest BCUT2D eigenvalue weighted by molar-refractivity contribution is -0.0517. The van der Waals surface area contributed by atoms with Crippen molar-refractivity contribution < 1.29 is 27.6 Å². The van der Waals surface area contributed by atoms with Crippen LogP contribution in [0, 0.1) is 6.92 Å². The van der Waals surface area contributed by atoms with Gasteiger partial charge in [-0.2, -0.15) is 8.78 Å². The average Bonchev–Trinajstić information content (AvgIpc) is 3.25. The van der Waals surface area contributed by atoms with Crippen molar-refractivity contribution in [3.8, 4) is 11.5 Å². The van der Waals surface area contributed by atoms with Gasteiger partial charge in [-0.3, -0.25) is 4.79 Å². The molecule has 0 atom stereocenters. The number of ether oxygens (including phenoxy) is 2. The summed E-state index contributed by atoms with van der Waals surface area (Å²) in [5.41, 5.74) is 0.910. The van der Waals surface area contributed by atoms with Gasteiger partial charge in [0.25, 0.3) is 0 Å². The molecule has 2 aromatic rings. The molecule has 1 aromatic heterocycles. The summed E-state index contributed by atoms with van der Waals surface area (Å²) in [6.45, 7) is -1.47. The Morgan fingerprint density at radius 1 is 1.35 bits per heavy atom. The molecular formula is C16H15F2NO4. The maximum absolute atomic E-state index is 12.7. The SMILES string of the molecule is COc1ccc(C(=O)c2cnoc2C2CC2)c(C)c1OC(F)F. The van der Waals surface area contributed by atoms with Gasteiger partial charge in [-0.25, -0.2) is 0 Å². The Labute approximate surface area is 131 Å². The molecule has 23 heavy (non-hydrogen) atoms. The average molecular weight is 323 g/mol. The summed E-state index contributed by atoms with van der Waals surface area (Å²) in [5, 5.41) is 3.69. The summed E-state index contributed by atoms with van der Waals surface area (Å²) in [4.78, 5) is 12.7. The Bertz CT molecular complexity index is 738. The Morgan fingerprint density at radius 3 is 2.70 bits per heavy atom. The molecule has 122 valence electrons. The number of hydrogen-bond donors (Lipinski definition) is 0. The van der Waals surface area contributed by atoms with Crippen LogP contribution in [0.4, 0.5) is 8.78 Å². The molecule has 1 fully saturated rings. The fraction of sp³-hybridized carbons (Fsp3) is 0.375. The van der Waals surface area contributed by atoms with Crippen LogP contribution in [0.25, 0.3) is 0 Å². The second kappa shape index (κ2) is 5.98. The molecule has 1 saturated carbocycles. The van der Waals surface area contributed by atoms with E-state index in [1.54, 1.807) is 0 Å². The van der Waals surface area contributed by atoms with Crippen molar-refractivity contribution in [3.63, 3.8) is 0 Å². The molecule has 0 unspecified atom stereocenters. The van der Waals surface area contributed by atoms with E-state index in [-0.39, 0.29) is 34.3 Å². The first-order valence-electron chi connectivity index (χ1n) is 7.14. The zero-order chi connectivity index (χ0) is 16.6. The van der Waals surface area contributed by atoms with Crippen molar-refractivity contribution in [1.82, 2.24) is 5.16 Å². The number of halogens is 2. The first kappa shape index (κ1) is 15.5. The molecule has 0 saturated heterocycles. The zero-order valence-electron chi connectivity index (χ0n) is 12.6. The maximum Gasteiger partial charge on any atom is 0.387 e. The Hall–Kier alpha value is -2.44. The fourth-order valence-electron chi connectivity index (χ4n) is 2.51. The summed E-state index contributed by atoms with van der Waals surface area (Å²) in [6.07, 6.45) is 3.28. The largest absolute Gasteiger partial charge is 0.493 e. The van der Waals surface area contributed by atoms with Crippen molar-refractivity contribution >= 4 is 5.78 Å². The number of ketones is 1. The molecule has 1 aromatic carbocycles. The lowest BCUT2D eigenvalue weighted by Crippen LogP contribution is -2.10. The van der Waals surface area contributed by atoms with Gasteiger partial charge >= 0.3 is 6.61 Å². The number of hydrogen-bond acceptors (Lipinski definition) is 5. The first-order chi connectivity index (χ1) is 11.0. The van der Waals surface area contributed by atoms with Crippen LogP contribution in [0.2, 0.25) is 0 Å². The minimum atomic E-state index is -3.01. The number of benzene rings is 1. The van der Waals surface area contributed by atoms with Gasteiger partial charge in [0.2, 0.25) is 0 Å². The second-order valence-corrected chi connectivity index (χ2v) is 5.36. The van der Waals surface area contributed by atoms with E-state index in [9.17, 15) is 13.6 Å². The normalized spacial score (nSPS) is 14.1. The molecule has 1 aliphatic carbocycles. The fourth-order valence-corrected chi connectivity index (χ4v) is 2.51. The zero-order valence-corrected chi connectivity index (χ0v) is 12.6. The van der Waals surface area contributed by atoms with Crippen LogP contribution in [-0.2, 0) is 0 Å². The number of carbonyl (C=O) groups excluding carboxylic acids is 1. The predicted molar refractivity (Wildman–Crippen MR) is 76.3 cm³/mol. The van der Waals surface area contributed by atoms with E-state index in [4.69, 9.17) is 9.26 Å². The minimum Gasteiger partial charge on any atom is -0.493 e. The summed E-state index contributed by atoms with van der Waals surface area (Å²) in [6, 6.07) is 2.96. The molecule has 0 radical (unpaired) electrons. The lowest BCUT2D eigenvalue weighted by Gasteiger charge is -2.15. The number of alkyl halides is 2. The van der Waals surface area contributed by atoms with Crippen molar-refractivity contribution in [1.29, 1.82) is 0 Å². The monoisotopic (exact) mass is 323 g/mol. The molecule has 7 heteroatoms. The summed E-state index contributed by atoms with van der Waals surface area (Å²) < 4.78 is 39.9. The quantitative estimate of drug-likeness (QED) is 0.759. The van der Waals surface area contributed by atoms with Crippen molar-refractivity contribution in [3.05, 3.63) is 40.8 Å². The van der Waals surface area contributed by atoms with E-state index < -0.39 is 6.61 Å². The van der Waals surface area contributed by atoms with Crippen LogP contribution >= 0.6 is 0 Å². The molecule has 0 spiro atoms. The highest BCUT2D eigenvalue weighted by molar-refractivity contribution is 6.11. The predicted octanol–water partition coefficient (Wildman–Crippen LogP) is 3.70. The van der Waals surface area contributed by atoms with E-state index in [1.807, 2.05) is 0 Å². The van der Waals surface area contributed by atoms with Gasteiger partial charge in [-0.1, -0.05) is 5.16 Å². The standard InChI is InChI=1S/C16H15F2NO4/c1-8-10(5-6-12(21-2)14(8)22-16(17)18)13(20)11-7-19-23-15(11)9-3-4-9/h5-7,9,16H,3-4H2,1-2H3. The van der Waals surface area contributed by atoms with E-state index in [0.717, 1.165) is 12.8 Å². The number of aromatic nitrogens is 1. The Kier molecular flexibility index (Phi) is 4.02. The van der Waals surface area contributed by atoms with Crippen LogP contribution in [0.5, 0.6) is 11.5 Å². The van der Waals surface area contributed by atoms with E-state index in [1.165, 1.54) is 32.4 Å². The van der Waals surface area contributed by atoms with Crippen LogP contribution in [0.3, 0.4) is 0 Å². The van der Waals surface area contributed by atoms with Gasteiger partial charge in [0.15, 0.2) is 23.0 Å². The van der Waals surface area contributed by atoms with Crippen LogP contribution in [0.1, 0.15) is 46.0 Å². The third-order valence-electron chi connectivity index (χ3n) is 3.83. The molecule has 5 nitrogen and oxygen atoms in total. The lowest BCUT2D eigenvalue weighted by atomic mass is 9.97. The summed E-state index contributed by atoms with van der Waals surface area (Å²) in [7, 11) is 1.35. The van der Waals surface area contributed by atoms with Gasteiger partial charge in [0.1, 0.15) is 0 Å². The molecule has 1 aliphatic rings. The van der Waals surface area contributed by atoms with Crippen LogP contribution in [-0.4, -0.2) is 24.7 Å². The first-order valence-corrected chi connectivity index (χ1v) is 7.14. The van der Waals surface area contributed by atoms with Gasteiger partial charge < -0.3 is 14.0 Å². The number of carbonyl (C=O) groups is 1. The van der Waals surface area contributed by atoms with E-state index >= 15 is 0 Å². The molecule has 0 amide bonds. The molecule has 3 rings (SSSR count). The second-order valence-electron chi connectivity index (χ2n) is 5.36. The Balaban J connectivity index is 2.02. The van der Waals surface area contributed by atoms with Crippen LogP contribution in [0.15, 0.2) is 22.9 Å². The van der Waals surface area contributed by atoms with Gasteiger partial charge in [0, 0.05) is 17.0 Å². The van der Waals surface area contributed by atoms with Crippen molar-refractivity contribution in [2.24, 2.45) is 0 Å². The third-order valence-corrected chi connectivity index (χ3v) is 3.83. The third kappa shape index (κ3) is 2.91. The smallest absolute Gasteiger partial charge is 0.387 e. The highest BCUT2D eigenvalue weighted by atomic mass is 19.3. The van der Waals surface area contributed by atoms with E-state index in [0.29, 0.717) is 11.3 Å². The number of nitrogens with zero attached hydrogens (tertiary/aromatic N) is 1. The van der Waals surface area contributed by atoms with Crippen LogP contribution < -0.4 is 9.47 Å². The summed E-state index contributed by atoms with van der Waals surface area (Å²) in [5.74, 6) is 0.450. The summed E-state index contributed by atoms with van der Waals surface area (Å²) >= 11 is 0. The van der Waals surface area contributed by atoms with Gasteiger partial charge in [-0.15, -0.1) is 0 Å². The Morgan fingerprint density at radius 2 is 2.09 bits per heavy atom. The van der Waals surface area contributed by atoms with Gasteiger partial charge in [-0.05, 0) is 31.9 Å². The highest BCUT2D eigenvalue weighted by Gasteiger charge is 2.33. The molecule has 0 bridgehead atoms. The highest BCUT2D eigenvalue weighted by Crippen LogP contribution is 2.42.